The maximum absolute atomic E-state index is 14.8. The van der Waals surface area contributed by atoms with Crippen LogP contribution in [0.15, 0.2) is 36.5 Å². The normalized spacial score (nSPS) is 20.9. The lowest BCUT2D eigenvalue weighted by molar-refractivity contribution is 0.100. The zero-order valence-electron chi connectivity index (χ0n) is 14.9. The summed E-state index contributed by atoms with van der Waals surface area (Å²) in [4.78, 5) is 11.5. The molecule has 1 saturated heterocycles. The number of amides is 1. The van der Waals surface area contributed by atoms with Gasteiger partial charge in [0.2, 0.25) is 0 Å². The average molecular weight is 357 g/mol. The minimum atomic E-state index is -1.20. The Morgan fingerprint density at radius 1 is 1.31 bits per heavy atom. The molecule has 5 nitrogen and oxygen atoms in total. The van der Waals surface area contributed by atoms with Crippen molar-refractivity contribution in [3.05, 3.63) is 59.3 Å². The van der Waals surface area contributed by atoms with Crippen LogP contribution in [0, 0.1) is 11.6 Å². The third kappa shape index (κ3) is 2.74. The van der Waals surface area contributed by atoms with Crippen LogP contribution in [0.4, 0.5) is 8.78 Å². The molecule has 7 heteroatoms. The Morgan fingerprint density at radius 2 is 2.15 bits per heavy atom. The van der Waals surface area contributed by atoms with Crippen molar-refractivity contribution in [1.29, 1.82) is 0 Å². The predicted molar refractivity (Wildman–Crippen MR) is 94.3 cm³/mol. The van der Waals surface area contributed by atoms with Gasteiger partial charge in [-0.3, -0.25) is 4.79 Å². The number of nitrogens with zero attached hydrogens (tertiary/aromatic N) is 2. The van der Waals surface area contributed by atoms with Crippen molar-refractivity contribution in [1.82, 2.24) is 15.1 Å². The number of fused-ring (bicyclic) bond motifs is 1. The summed E-state index contributed by atoms with van der Waals surface area (Å²) in [6, 6.07) is 7.74. The molecule has 0 aliphatic carbocycles. The van der Waals surface area contributed by atoms with Crippen LogP contribution in [0.2, 0.25) is 0 Å². The summed E-state index contributed by atoms with van der Waals surface area (Å²) in [5, 5.41) is 7.87. The molecule has 0 unspecified atom stereocenters. The first kappa shape index (κ1) is 15.5. The Morgan fingerprint density at radius 3 is 2.88 bits per heavy atom. The second-order valence-electron chi connectivity index (χ2n) is 6.33. The maximum Gasteiger partial charge on any atom is 0.250 e. The molecule has 3 N–H and O–H groups in total. The fourth-order valence-corrected chi connectivity index (χ4v) is 3.34. The quantitative estimate of drug-likeness (QED) is 0.757. The molecule has 1 aliphatic heterocycles. The molecule has 1 atom stereocenters. The van der Waals surface area contributed by atoms with E-state index < -0.39 is 23.4 Å². The first-order valence-electron chi connectivity index (χ1n) is 8.88. The number of primary amides is 1. The van der Waals surface area contributed by atoms with Crippen LogP contribution in [0.25, 0.3) is 16.6 Å². The van der Waals surface area contributed by atoms with E-state index >= 15 is 0 Å². The number of carbonyl (C=O) groups excluding carboxylic acids is 1. The minimum Gasteiger partial charge on any atom is -0.366 e. The zero-order valence-corrected chi connectivity index (χ0v) is 13.9. The smallest absolute Gasteiger partial charge is 0.250 e. The molecule has 2 aromatic carbocycles. The van der Waals surface area contributed by atoms with Gasteiger partial charge in [-0.15, -0.1) is 0 Å². The van der Waals surface area contributed by atoms with Crippen molar-refractivity contribution in [3.8, 4) is 5.69 Å². The molecule has 1 aliphatic rings. The summed E-state index contributed by atoms with van der Waals surface area (Å²) < 4.78 is 39.3. The number of carbonyl (C=O) groups is 1. The summed E-state index contributed by atoms with van der Waals surface area (Å²) in [6.45, 7) is 1.04. The van der Waals surface area contributed by atoms with Gasteiger partial charge in [0.25, 0.3) is 5.91 Å². The highest BCUT2D eigenvalue weighted by atomic mass is 19.2. The number of nitrogens with one attached hydrogen (secondary N) is 1. The second kappa shape index (κ2) is 6.49. The third-order valence-corrected chi connectivity index (χ3v) is 4.66. The lowest BCUT2D eigenvalue weighted by Gasteiger charge is -2.24. The Bertz CT molecular complexity index is 1040. The van der Waals surface area contributed by atoms with E-state index in [9.17, 15) is 13.6 Å². The van der Waals surface area contributed by atoms with Crippen molar-refractivity contribution in [2.24, 2.45) is 5.73 Å². The molecule has 134 valence electrons. The number of piperidine rings is 1. The van der Waals surface area contributed by atoms with E-state index in [0.29, 0.717) is 17.3 Å². The maximum atomic E-state index is 14.8. The van der Waals surface area contributed by atoms with Crippen LogP contribution in [0.1, 0.15) is 36.0 Å². The number of halogens is 2. The average Bonchev–Trinajstić information content (AvgIpc) is 3.08. The second-order valence-corrected chi connectivity index (χ2v) is 6.33. The van der Waals surface area contributed by atoms with E-state index in [1.54, 1.807) is 12.1 Å². The van der Waals surface area contributed by atoms with E-state index in [4.69, 9.17) is 7.10 Å². The van der Waals surface area contributed by atoms with Gasteiger partial charge in [-0.25, -0.2) is 13.5 Å². The molecule has 4 rings (SSSR count). The van der Waals surface area contributed by atoms with Gasteiger partial charge in [0.05, 0.1) is 5.56 Å². The Hall–Kier alpha value is -2.80. The summed E-state index contributed by atoms with van der Waals surface area (Å²) in [5.41, 5.74) is 5.83. The number of rotatable bonds is 3. The lowest BCUT2D eigenvalue weighted by Crippen LogP contribution is -2.29. The van der Waals surface area contributed by atoms with Crippen molar-refractivity contribution in [2.75, 3.05) is 13.1 Å². The molecule has 0 spiro atoms. The first-order chi connectivity index (χ1) is 12.9. The van der Waals surface area contributed by atoms with Gasteiger partial charge in [-0.1, -0.05) is 18.2 Å². The Balaban J connectivity index is 1.81. The lowest BCUT2D eigenvalue weighted by atomic mass is 9.91. The van der Waals surface area contributed by atoms with Crippen LogP contribution < -0.4 is 11.1 Å². The van der Waals surface area contributed by atoms with Crippen molar-refractivity contribution < 1.29 is 14.9 Å². The van der Waals surface area contributed by atoms with Crippen molar-refractivity contribution in [2.45, 2.75) is 18.7 Å². The van der Waals surface area contributed by atoms with Crippen LogP contribution in [0.3, 0.4) is 0 Å². The van der Waals surface area contributed by atoms with Crippen LogP contribution in [0.5, 0.6) is 0 Å². The SMILES string of the molecule is [2H][C@@]1(c2ccc(-n3cc4cccc(C(N)=O)c4n3)c(F)c2F)CCCNC1. The minimum absolute atomic E-state index is 0.0329. The predicted octanol–water partition coefficient (Wildman–Crippen LogP) is 2.87. The first-order valence-corrected chi connectivity index (χ1v) is 8.38. The molecule has 3 aromatic rings. The van der Waals surface area contributed by atoms with Crippen LogP contribution in [-0.4, -0.2) is 28.8 Å². The Labute approximate surface area is 150 Å². The van der Waals surface area contributed by atoms with Gasteiger partial charge in [0.1, 0.15) is 11.2 Å². The highest BCUT2D eigenvalue weighted by molar-refractivity contribution is 6.04. The molecule has 0 bridgehead atoms. The van der Waals surface area contributed by atoms with E-state index in [1.165, 1.54) is 29.1 Å². The monoisotopic (exact) mass is 357 g/mol. The van der Waals surface area contributed by atoms with E-state index in [0.717, 1.165) is 13.0 Å². The summed E-state index contributed by atoms with van der Waals surface area (Å²) in [7, 11) is 0. The van der Waals surface area contributed by atoms with Crippen LogP contribution >= 0.6 is 0 Å². The topological polar surface area (TPSA) is 72.9 Å². The zero-order chi connectivity index (χ0) is 19.2. The molecule has 1 amide bonds. The number of aromatic nitrogens is 2. The van der Waals surface area contributed by atoms with Gasteiger partial charge in [0.15, 0.2) is 11.6 Å². The number of benzene rings is 2. The highest BCUT2D eigenvalue weighted by Gasteiger charge is 2.23. The van der Waals surface area contributed by atoms with E-state index in [1.807, 2.05) is 0 Å². The molecule has 0 radical (unpaired) electrons. The molecular formula is C19H18F2N4O. The molecule has 1 aromatic heterocycles. The summed E-state index contributed by atoms with van der Waals surface area (Å²) in [6.07, 6.45) is 2.70. The third-order valence-electron chi connectivity index (χ3n) is 4.66. The van der Waals surface area contributed by atoms with Gasteiger partial charge >= 0.3 is 0 Å². The molecule has 0 saturated carbocycles. The largest absolute Gasteiger partial charge is 0.366 e. The van der Waals surface area contributed by atoms with Gasteiger partial charge < -0.3 is 11.1 Å². The van der Waals surface area contributed by atoms with Gasteiger partial charge in [0, 0.05) is 19.5 Å². The fraction of sp³-hybridized carbons (Fsp3) is 0.263. The molecule has 2 heterocycles. The molecule has 1 fully saturated rings. The molecule has 26 heavy (non-hydrogen) atoms. The van der Waals surface area contributed by atoms with Gasteiger partial charge in [-0.2, -0.15) is 5.10 Å². The van der Waals surface area contributed by atoms with Crippen molar-refractivity contribution >= 4 is 16.8 Å². The number of hydrogen-bond donors (Lipinski definition) is 2. The number of hydrogen-bond acceptors (Lipinski definition) is 3. The van der Waals surface area contributed by atoms with Crippen LogP contribution in [-0.2, 0) is 0 Å². The highest BCUT2D eigenvalue weighted by Crippen LogP contribution is 2.30. The molecular weight excluding hydrogens is 338 g/mol. The van der Waals surface area contributed by atoms with E-state index in [-0.39, 0.29) is 23.4 Å². The summed E-state index contributed by atoms with van der Waals surface area (Å²) in [5.74, 6) is -3.96. The van der Waals surface area contributed by atoms with E-state index in [2.05, 4.69) is 10.4 Å². The van der Waals surface area contributed by atoms with Gasteiger partial charge in [-0.05, 0) is 43.0 Å². The Kier molecular flexibility index (Phi) is 3.86. The summed E-state index contributed by atoms with van der Waals surface area (Å²) >= 11 is 0. The van der Waals surface area contributed by atoms with Crippen molar-refractivity contribution in [3.63, 3.8) is 0 Å². The standard InChI is InChI=1S/C19H18F2N4O/c20-16-13(11-4-2-8-23-9-11)6-7-15(17(16)21)25-10-12-3-1-5-14(19(22)26)18(12)24-25/h1,3,5-7,10-11,23H,2,4,8-9H2,(H2,22,26)/t11-/m1/s1/i11D. The number of nitrogens with two attached hydrogens (primary N) is 1. The fourth-order valence-electron chi connectivity index (χ4n) is 3.34.